The van der Waals surface area contributed by atoms with Gasteiger partial charge in [0, 0.05) is 13.2 Å². The van der Waals surface area contributed by atoms with E-state index in [0.29, 0.717) is 31.6 Å². The number of nitrogens with one attached hydrogen (secondary N) is 1. The van der Waals surface area contributed by atoms with Crippen molar-refractivity contribution in [1.29, 1.82) is 0 Å². The number of aliphatic hydroxyl groups excluding tert-OH is 1. The van der Waals surface area contributed by atoms with Crippen LogP contribution in [0.1, 0.15) is 39.5 Å². The summed E-state index contributed by atoms with van der Waals surface area (Å²) >= 11 is 0. The normalized spacial score (nSPS) is 25.7. The maximum absolute atomic E-state index is 11.4. The molecule has 1 aliphatic rings. The van der Waals surface area contributed by atoms with Crippen LogP contribution >= 0.6 is 0 Å². The Kier molecular flexibility index (Phi) is 7.28. The van der Waals surface area contributed by atoms with Gasteiger partial charge in [-0.15, -0.1) is 0 Å². The van der Waals surface area contributed by atoms with Crippen molar-refractivity contribution in [1.82, 2.24) is 5.32 Å². The van der Waals surface area contributed by atoms with Crippen LogP contribution in [0.4, 0.5) is 0 Å². The highest BCUT2D eigenvalue weighted by molar-refractivity contribution is 5.72. The Morgan fingerprint density at radius 1 is 1.39 bits per heavy atom. The highest BCUT2D eigenvalue weighted by atomic mass is 16.5. The van der Waals surface area contributed by atoms with E-state index >= 15 is 0 Å². The van der Waals surface area contributed by atoms with Crippen molar-refractivity contribution in [3.8, 4) is 0 Å². The minimum atomic E-state index is -0.132. The zero-order valence-corrected chi connectivity index (χ0v) is 11.7. The lowest BCUT2D eigenvalue weighted by molar-refractivity contribution is -0.147. The molecule has 0 amide bonds. The van der Waals surface area contributed by atoms with E-state index < -0.39 is 0 Å². The number of rotatable bonds is 7. The van der Waals surface area contributed by atoms with Crippen molar-refractivity contribution in [2.75, 3.05) is 26.3 Å². The fourth-order valence-electron chi connectivity index (χ4n) is 2.65. The molecule has 0 aromatic rings. The van der Waals surface area contributed by atoms with Crippen molar-refractivity contribution < 1.29 is 14.6 Å². The molecule has 0 aromatic heterocycles. The predicted octanol–water partition coefficient (Wildman–Crippen LogP) is 1.57. The van der Waals surface area contributed by atoms with Gasteiger partial charge in [0.2, 0.25) is 0 Å². The van der Waals surface area contributed by atoms with Gasteiger partial charge in [-0.2, -0.15) is 0 Å². The third-order valence-electron chi connectivity index (χ3n) is 3.85. The van der Waals surface area contributed by atoms with Gasteiger partial charge in [-0.3, -0.25) is 4.79 Å². The van der Waals surface area contributed by atoms with Gasteiger partial charge >= 0.3 is 5.97 Å². The van der Waals surface area contributed by atoms with Gasteiger partial charge in [-0.1, -0.05) is 19.8 Å². The highest BCUT2D eigenvalue weighted by Crippen LogP contribution is 2.29. The lowest BCUT2D eigenvalue weighted by Gasteiger charge is -2.30. The van der Waals surface area contributed by atoms with E-state index in [9.17, 15) is 9.90 Å². The largest absolute Gasteiger partial charge is 0.466 e. The Balaban J connectivity index is 2.21. The quantitative estimate of drug-likeness (QED) is 0.680. The molecule has 0 bridgehead atoms. The molecule has 1 fully saturated rings. The van der Waals surface area contributed by atoms with Crippen LogP contribution < -0.4 is 5.32 Å². The van der Waals surface area contributed by atoms with Crippen molar-refractivity contribution >= 4 is 5.97 Å². The number of carbonyl (C=O) groups excluding carboxylic acids is 1. The standard InChI is InChI=1S/C14H27NO3/c1-3-18-14(17)11(2)8-15-9-12-6-4-5-7-13(12)10-16/h11-13,15-16H,3-10H2,1-2H3. The molecule has 1 aliphatic carbocycles. The first-order valence-corrected chi connectivity index (χ1v) is 7.17. The maximum atomic E-state index is 11.4. The van der Waals surface area contributed by atoms with Gasteiger partial charge < -0.3 is 15.2 Å². The summed E-state index contributed by atoms with van der Waals surface area (Å²) < 4.78 is 4.97. The van der Waals surface area contributed by atoms with Gasteiger partial charge in [-0.25, -0.2) is 0 Å². The topological polar surface area (TPSA) is 58.6 Å². The van der Waals surface area contributed by atoms with Crippen LogP contribution in [0.15, 0.2) is 0 Å². The Labute approximate surface area is 110 Å². The van der Waals surface area contributed by atoms with Gasteiger partial charge in [0.05, 0.1) is 12.5 Å². The third-order valence-corrected chi connectivity index (χ3v) is 3.85. The van der Waals surface area contributed by atoms with Crippen LogP contribution in [-0.2, 0) is 9.53 Å². The van der Waals surface area contributed by atoms with Gasteiger partial charge in [0.1, 0.15) is 0 Å². The molecule has 0 spiro atoms. The zero-order valence-electron chi connectivity index (χ0n) is 11.7. The average molecular weight is 257 g/mol. The first kappa shape index (κ1) is 15.4. The fraction of sp³-hybridized carbons (Fsp3) is 0.929. The van der Waals surface area contributed by atoms with Crippen molar-refractivity contribution in [2.45, 2.75) is 39.5 Å². The molecule has 106 valence electrons. The van der Waals surface area contributed by atoms with Crippen LogP contribution in [0, 0.1) is 17.8 Å². The predicted molar refractivity (Wildman–Crippen MR) is 71.2 cm³/mol. The summed E-state index contributed by atoms with van der Waals surface area (Å²) in [5.41, 5.74) is 0. The van der Waals surface area contributed by atoms with Crippen LogP contribution in [0.3, 0.4) is 0 Å². The smallest absolute Gasteiger partial charge is 0.309 e. The Morgan fingerprint density at radius 3 is 2.67 bits per heavy atom. The molecule has 3 atom stereocenters. The van der Waals surface area contributed by atoms with Crippen LogP contribution in [0.5, 0.6) is 0 Å². The molecule has 4 nitrogen and oxygen atoms in total. The van der Waals surface area contributed by atoms with Crippen LogP contribution in [-0.4, -0.2) is 37.4 Å². The molecule has 0 aromatic carbocycles. The summed E-state index contributed by atoms with van der Waals surface area (Å²) in [5, 5.41) is 12.7. The summed E-state index contributed by atoms with van der Waals surface area (Å²) in [4.78, 5) is 11.4. The summed E-state index contributed by atoms with van der Waals surface area (Å²) in [6, 6.07) is 0. The molecule has 18 heavy (non-hydrogen) atoms. The van der Waals surface area contributed by atoms with Crippen LogP contribution in [0.25, 0.3) is 0 Å². The zero-order chi connectivity index (χ0) is 13.4. The molecule has 3 unspecified atom stereocenters. The van der Waals surface area contributed by atoms with E-state index in [4.69, 9.17) is 4.74 Å². The first-order valence-electron chi connectivity index (χ1n) is 7.17. The van der Waals surface area contributed by atoms with E-state index in [1.54, 1.807) is 0 Å². The second kappa shape index (κ2) is 8.48. The molecule has 1 rings (SSSR count). The Bertz CT molecular complexity index is 245. The molecule has 1 saturated carbocycles. The summed E-state index contributed by atoms with van der Waals surface area (Å²) in [5.74, 6) is 0.760. The molecule has 0 heterocycles. The molecular formula is C14H27NO3. The van der Waals surface area contributed by atoms with Crippen molar-refractivity contribution in [3.63, 3.8) is 0 Å². The number of aliphatic hydroxyl groups is 1. The van der Waals surface area contributed by atoms with E-state index in [0.717, 1.165) is 13.0 Å². The lowest BCUT2D eigenvalue weighted by atomic mass is 9.79. The van der Waals surface area contributed by atoms with Gasteiger partial charge in [0.25, 0.3) is 0 Å². The molecule has 4 heteroatoms. The number of carbonyl (C=O) groups is 1. The Hall–Kier alpha value is -0.610. The second-order valence-corrected chi connectivity index (χ2v) is 5.30. The monoisotopic (exact) mass is 257 g/mol. The third kappa shape index (κ3) is 4.94. The van der Waals surface area contributed by atoms with E-state index in [1.165, 1.54) is 19.3 Å². The first-order chi connectivity index (χ1) is 8.69. The fourth-order valence-corrected chi connectivity index (χ4v) is 2.65. The van der Waals surface area contributed by atoms with E-state index in [-0.39, 0.29) is 11.9 Å². The van der Waals surface area contributed by atoms with Gasteiger partial charge in [0.15, 0.2) is 0 Å². The Morgan fingerprint density at radius 2 is 2.06 bits per heavy atom. The van der Waals surface area contributed by atoms with Gasteiger partial charge in [-0.05, 0) is 38.1 Å². The molecule has 0 saturated heterocycles. The van der Waals surface area contributed by atoms with E-state index in [1.807, 2.05) is 13.8 Å². The molecule has 0 aliphatic heterocycles. The number of esters is 1. The van der Waals surface area contributed by atoms with Crippen LogP contribution in [0.2, 0.25) is 0 Å². The minimum Gasteiger partial charge on any atom is -0.466 e. The van der Waals surface area contributed by atoms with Crippen molar-refractivity contribution in [2.24, 2.45) is 17.8 Å². The molecular weight excluding hydrogens is 230 g/mol. The molecule has 2 N–H and O–H groups in total. The average Bonchev–Trinajstić information content (AvgIpc) is 2.39. The summed E-state index contributed by atoms with van der Waals surface area (Å²) in [7, 11) is 0. The minimum absolute atomic E-state index is 0.0962. The highest BCUT2D eigenvalue weighted by Gasteiger charge is 2.24. The number of hydrogen-bond acceptors (Lipinski definition) is 4. The second-order valence-electron chi connectivity index (χ2n) is 5.30. The van der Waals surface area contributed by atoms with E-state index in [2.05, 4.69) is 5.32 Å². The summed E-state index contributed by atoms with van der Waals surface area (Å²) in [6.45, 7) is 6.00. The number of ether oxygens (including phenoxy) is 1. The lowest BCUT2D eigenvalue weighted by Crippen LogP contribution is -2.36. The van der Waals surface area contributed by atoms with Crippen molar-refractivity contribution in [3.05, 3.63) is 0 Å². The SMILES string of the molecule is CCOC(=O)C(C)CNCC1CCCCC1CO. The number of hydrogen-bond donors (Lipinski definition) is 2. The summed E-state index contributed by atoms with van der Waals surface area (Å²) in [6.07, 6.45) is 4.82. The molecule has 0 radical (unpaired) electrons. The maximum Gasteiger partial charge on any atom is 0.309 e.